The summed E-state index contributed by atoms with van der Waals surface area (Å²) in [6, 6.07) is 10.1. The standard InChI is InChI=1S/C20H27N3O2.2ClH/c1-15(21)17-9-6-12-23(14-17)20(24)11-5-10-19-22-13-18(25-19)16-7-3-2-4-8-16;;/h2-4,7-8,13,15,17H,5-6,9-12,14,21H2,1H3;2*1H. The number of halogens is 2. The van der Waals surface area contributed by atoms with Crippen molar-refractivity contribution in [2.24, 2.45) is 11.7 Å². The summed E-state index contributed by atoms with van der Waals surface area (Å²) < 4.78 is 5.79. The van der Waals surface area contributed by atoms with Gasteiger partial charge in [-0.1, -0.05) is 30.3 Å². The number of carbonyl (C=O) groups excluding carboxylic acids is 1. The van der Waals surface area contributed by atoms with E-state index in [2.05, 4.69) is 4.98 Å². The first-order valence-electron chi connectivity index (χ1n) is 9.17. The number of likely N-dealkylation sites (tertiary alicyclic amines) is 1. The van der Waals surface area contributed by atoms with Gasteiger partial charge in [0.2, 0.25) is 5.91 Å². The van der Waals surface area contributed by atoms with Crippen LogP contribution in [-0.4, -0.2) is 34.9 Å². The number of nitrogens with zero attached hydrogens (tertiary/aromatic N) is 2. The van der Waals surface area contributed by atoms with Crippen molar-refractivity contribution in [1.82, 2.24) is 9.88 Å². The molecule has 1 fully saturated rings. The molecule has 0 saturated carbocycles. The fourth-order valence-electron chi connectivity index (χ4n) is 3.38. The van der Waals surface area contributed by atoms with E-state index in [9.17, 15) is 4.79 Å². The van der Waals surface area contributed by atoms with Gasteiger partial charge in [0, 0.05) is 37.5 Å². The van der Waals surface area contributed by atoms with Gasteiger partial charge in [-0.25, -0.2) is 4.98 Å². The van der Waals surface area contributed by atoms with Crippen molar-refractivity contribution in [3.05, 3.63) is 42.4 Å². The van der Waals surface area contributed by atoms with Crippen molar-refractivity contribution < 1.29 is 9.21 Å². The normalized spacial score (nSPS) is 17.6. The average molecular weight is 414 g/mol. The second kappa shape index (κ2) is 11.3. The van der Waals surface area contributed by atoms with E-state index in [1.54, 1.807) is 6.20 Å². The molecule has 3 rings (SSSR count). The Labute approximate surface area is 173 Å². The van der Waals surface area contributed by atoms with E-state index in [-0.39, 0.29) is 36.8 Å². The maximum absolute atomic E-state index is 12.4. The van der Waals surface area contributed by atoms with E-state index < -0.39 is 0 Å². The fraction of sp³-hybridized carbons (Fsp3) is 0.500. The highest BCUT2D eigenvalue weighted by molar-refractivity contribution is 5.85. The minimum absolute atomic E-state index is 0. The minimum Gasteiger partial charge on any atom is -0.441 e. The fourth-order valence-corrected chi connectivity index (χ4v) is 3.38. The number of benzene rings is 1. The van der Waals surface area contributed by atoms with Gasteiger partial charge in [-0.3, -0.25) is 4.79 Å². The summed E-state index contributed by atoms with van der Waals surface area (Å²) in [7, 11) is 0. The third-order valence-electron chi connectivity index (χ3n) is 4.95. The van der Waals surface area contributed by atoms with Crippen molar-refractivity contribution in [2.75, 3.05) is 13.1 Å². The number of aromatic nitrogens is 1. The second-order valence-electron chi connectivity index (χ2n) is 6.94. The lowest BCUT2D eigenvalue weighted by Gasteiger charge is -2.34. The zero-order chi connectivity index (χ0) is 17.6. The molecule has 2 heterocycles. The Morgan fingerprint density at radius 1 is 1.33 bits per heavy atom. The van der Waals surface area contributed by atoms with Crippen LogP contribution in [0.1, 0.15) is 38.5 Å². The van der Waals surface area contributed by atoms with Crippen LogP contribution >= 0.6 is 24.8 Å². The van der Waals surface area contributed by atoms with Crippen LogP contribution in [0.25, 0.3) is 11.3 Å². The lowest BCUT2D eigenvalue weighted by molar-refractivity contribution is -0.133. The smallest absolute Gasteiger partial charge is 0.222 e. The molecule has 2 unspecified atom stereocenters. The Morgan fingerprint density at radius 2 is 2.07 bits per heavy atom. The Morgan fingerprint density at radius 3 is 2.78 bits per heavy atom. The van der Waals surface area contributed by atoms with Crippen LogP contribution in [0.4, 0.5) is 0 Å². The lowest BCUT2D eigenvalue weighted by Crippen LogP contribution is -2.45. The first kappa shape index (κ1) is 23.5. The largest absolute Gasteiger partial charge is 0.441 e. The van der Waals surface area contributed by atoms with Gasteiger partial charge >= 0.3 is 0 Å². The molecule has 1 saturated heterocycles. The predicted molar refractivity (Wildman–Crippen MR) is 112 cm³/mol. The van der Waals surface area contributed by atoms with E-state index in [4.69, 9.17) is 10.2 Å². The molecule has 0 radical (unpaired) electrons. The first-order valence-corrected chi connectivity index (χ1v) is 9.17. The van der Waals surface area contributed by atoms with Crippen LogP contribution in [-0.2, 0) is 11.2 Å². The third-order valence-corrected chi connectivity index (χ3v) is 4.95. The highest BCUT2D eigenvalue weighted by Crippen LogP contribution is 2.22. The monoisotopic (exact) mass is 413 g/mol. The highest BCUT2D eigenvalue weighted by atomic mass is 35.5. The number of nitrogens with two attached hydrogens (primary N) is 1. The molecule has 27 heavy (non-hydrogen) atoms. The Bertz CT molecular complexity index is 692. The Kier molecular flexibility index (Phi) is 9.84. The molecule has 1 aliphatic heterocycles. The van der Waals surface area contributed by atoms with Gasteiger partial charge in [-0.2, -0.15) is 0 Å². The maximum Gasteiger partial charge on any atom is 0.222 e. The number of hydrogen-bond donors (Lipinski definition) is 1. The summed E-state index contributed by atoms with van der Waals surface area (Å²) in [6.45, 7) is 3.69. The van der Waals surface area contributed by atoms with Crippen LogP contribution in [0.5, 0.6) is 0 Å². The van der Waals surface area contributed by atoms with E-state index in [1.807, 2.05) is 42.2 Å². The second-order valence-corrected chi connectivity index (χ2v) is 6.94. The third kappa shape index (κ3) is 6.52. The van der Waals surface area contributed by atoms with Crippen LogP contribution in [0.3, 0.4) is 0 Å². The molecule has 1 aliphatic rings. The molecule has 0 spiro atoms. The summed E-state index contributed by atoms with van der Waals surface area (Å²) >= 11 is 0. The summed E-state index contributed by atoms with van der Waals surface area (Å²) in [5.41, 5.74) is 7.02. The topological polar surface area (TPSA) is 72.4 Å². The van der Waals surface area contributed by atoms with E-state index in [0.717, 1.165) is 43.7 Å². The van der Waals surface area contributed by atoms with Gasteiger partial charge in [0.25, 0.3) is 0 Å². The molecule has 1 aromatic carbocycles. The van der Waals surface area contributed by atoms with Crippen molar-refractivity contribution in [1.29, 1.82) is 0 Å². The molecule has 1 amide bonds. The minimum atomic E-state index is 0. The number of aryl methyl sites for hydroxylation is 1. The number of rotatable bonds is 6. The quantitative estimate of drug-likeness (QED) is 0.773. The lowest BCUT2D eigenvalue weighted by atomic mass is 9.92. The van der Waals surface area contributed by atoms with E-state index in [0.29, 0.717) is 24.7 Å². The number of piperidine rings is 1. The number of oxazole rings is 1. The van der Waals surface area contributed by atoms with Crippen molar-refractivity contribution in [2.45, 2.75) is 45.1 Å². The zero-order valence-electron chi connectivity index (χ0n) is 15.7. The number of hydrogen-bond acceptors (Lipinski definition) is 4. The van der Waals surface area contributed by atoms with Gasteiger partial charge in [0.1, 0.15) is 0 Å². The van der Waals surface area contributed by atoms with Gasteiger partial charge in [-0.15, -0.1) is 24.8 Å². The van der Waals surface area contributed by atoms with Gasteiger partial charge in [-0.05, 0) is 32.1 Å². The average Bonchev–Trinajstić information content (AvgIpc) is 3.11. The molecule has 2 N–H and O–H groups in total. The predicted octanol–water partition coefficient (Wildman–Crippen LogP) is 4.09. The molecule has 2 atom stereocenters. The van der Waals surface area contributed by atoms with Crippen LogP contribution in [0.2, 0.25) is 0 Å². The first-order chi connectivity index (χ1) is 12.1. The number of carbonyl (C=O) groups is 1. The van der Waals surface area contributed by atoms with Crippen molar-refractivity contribution >= 4 is 30.7 Å². The summed E-state index contributed by atoms with van der Waals surface area (Å²) in [4.78, 5) is 18.7. The molecule has 1 aromatic heterocycles. The molecule has 0 bridgehead atoms. The van der Waals surface area contributed by atoms with Gasteiger partial charge in [0.15, 0.2) is 11.7 Å². The van der Waals surface area contributed by atoms with Gasteiger partial charge in [0.05, 0.1) is 6.20 Å². The van der Waals surface area contributed by atoms with Gasteiger partial charge < -0.3 is 15.1 Å². The molecular weight excluding hydrogens is 385 g/mol. The van der Waals surface area contributed by atoms with Crippen LogP contribution < -0.4 is 5.73 Å². The Hall–Kier alpha value is -1.56. The highest BCUT2D eigenvalue weighted by Gasteiger charge is 2.25. The van der Waals surface area contributed by atoms with Crippen molar-refractivity contribution in [3.8, 4) is 11.3 Å². The summed E-state index contributed by atoms with van der Waals surface area (Å²) in [6.07, 6.45) is 5.91. The van der Waals surface area contributed by atoms with Crippen LogP contribution in [0.15, 0.2) is 40.9 Å². The molecule has 2 aromatic rings. The molecule has 150 valence electrons. The Balaban J connectivity index is 0.00000182. The van der Waals surface area contributed by atoms with E-state index >= 15 is 0 Å². The van der Waals surface area contributed by atoms with Crippen LogP contribution in [0, 0.1) is 5.92 Å². The number of amides is 1. The zero-order valence-corrected chi connectivity index (χ0v) is 17.3. The maximum atomic E-state index is 12.4. The summed E-state index contributed by atoms with van der Waals surface area (Å²) in [5.74, 6) is 2.12. The molecular formula is C20H29Cl2N3O2. The molecule has 5 nitrogen and oxygen atoms in total. The molecule has 0 aliphatic carbocycles. The van der Waals surface area contributed by atoms with E-state index in [1.165, 1.54) is 0 Å². The summed E-state index contributed by atoms with van der Waals surface area (Å²) in [5, 5.41) is 0. The molecule has 7 heteroatoms. The SMILES string of the molecule is CC(N)C1CCCN(C(=O)CCCc2ncc(-c3ccccc3)o2)C1.Cl.Cl. The van der Waals surface area contributed by atoms with Crippen molar-refractivity contribution in [3.63, 3.8) is 0 Å².